The minimum atomic E-state index is -0.305. The van der Waals surface area contributed by atoms with E-state index in [-0.39, 0.29) is 24.3 Å². The average molecular weight is 283 g/mol. The Kier molecular flexibility index (Phi) is 6.36. The third kappa shape index (κ3) is 5.75. The third-order valence-corrected chi connectivity index (χ3v) is 3.14. The van der Waals surface area contributed by atoms with E-state index in [4.69, 9.17) is 11.6 Å². The molecule has 0 aromatic heterocycles. The Balaban J connectivity index is 2.36. The van der Waals surface area contributed by atoms with Gasteiger partial charge in [-0.3, -0.25) is 9.59 Å². The third-order valence-electron chi connectivity index (χ3n) is 2.77. The van der Waals surface area contributed by atoms with Crippen molar-refractivity contribution in [1.29, 1.82) is 0 Å². The number of nitrogens with one attached hydrogen (secondary N) is 2. The number of carbonyl (C=O) groups is 2. The van der Waals surface area contributed by atoms with E-state index in [0.717, 1.165) is 12.0 Å². The topological polar surface area (TPSA) is 58.2 Å². The van der Waals surface area contributed by atoms with Gasteiger partial charge in [-0.05, 0) is 25.0 Å². The molecule has 104 valence electrons. The molecule has 1 unspecified atom stereocenters. The zero-order valence-corrected chi connectivity index (χ0v) is 12.0. The normalized spacial score (nSPS) is 11.7. The largest absolute Gasteiger partial charge is 0.353 e. The smallest absolute Gasteiger partial charge is 0.229 e. The first-order valence-electron chi connectivity index (χ1n) is 6.32. The van der Waals surface area contributed by atoms with Crippen molar-refractivity contribution in [3.05, 3.63) is 34.9 Å². The van der Waals surface area contributed by atoms with Gasteiger partial charge < -0.3 is 10.6 Å². The van der Waals surface area contributed by atoms with Gasteiger partial charge in [-0.1, -0.05) is 36.7 Å². The summed E-state index contributed by atoms with van der Waals surface area (Å²) in [7, 11) is 0. The zero-order chi connectivity index (χ0) is 14.3. The Morgan fingerprint density at radius 1 is 1.26 bits per heavy atom. The van der Waals surface area contributed by atoms with E-state index >= 15 is 0 Å². The Labute approximate surface area is 118 Å². The van der Waals surface area contributed by atoms with Crippen molar-refractivity contribution in [2.45, 2.75) is 39.3 Å². The van der Waals surface area contributed by atoms with Crippen molar-refractivity contribution in [3.63, 3.8) is 0 Å². The minimum Gasteiger partial charge on any atom is -0.353 e. The zero-order valence-electron chi connectivity index (χ0n) is 11.2. The summed E-state index contributed by atoms with van der Waals surface area (Å²) in [6.07, 6.45) is 0.682. The summed E-state index contributed by atoms with van der Waals surface area (Å²) in [5, 5.41) is 6.03. The van der Waals surface area contributed by atoms with Crippen LogP contribution >= 0.6 is 11.6 Å². The highest BCUT2D eigenvalue weighted by Gasteiger charge is 2.11. The van der Waals surface area contributed by atoms with Crippen LogP contribution < -0.4 is 10.6 Å². The van der Waals surface area contributed by atoms with E-state index in [1.807, 2.05) is 32.0 Å². The molecule has 1 rings (SSSR count). The van der Waals surface area contributed by atoms with Crippen LogP contribution in [0.1, 0.15) is 32.3 Å². The summed E-state index contributed by atoms with van der Waals surface area (Å²) < 4.78 is 0. The molecule has 0 fully saturated rings. The van der Waals surface area contributed by atoms with Gasteiger partial charge in [0.15, 0.2) is 0 Å². The van der Waals surface area contributed by atoms with Gasteiger partial charge in [-0.2, -0.15) is 0 Å². The van der Waals surface area contributed by atoms with Crippen LogP contribution in [0.15, 0.2) is 24.3 Å². The number of amides is 2. The molecule has 0 spiro atoms. The van der Waals surface area contributed by atoms with Gasteiger partial charge in [0, 0.05) is 17.6 Å². The number of carbonyl (C=O) groups excluding carboxylic acids is 2. The van der Waals surface area contributed by atoms with Gasteiger partial charge in [-0.25, -0.2) is 0 Å². The second kappa shape index (κ2) is 7.79. The lowest BCUT2D eigenvalue weighted by Crippen LogP contribution is -2.36. The molecule has 19 heavy (non-hydrogen) atoms. The minimum absolute atomic E-state index is 0.0869. The standard InChI is InChI=1S/C14H19ClN2O2/c1-3-10(2)17-14(19)8-13(18)16-9-11-6-4-5-7-12(11)15/h4-7,10H,3,8-9H2,1-2H3,(H,16,18)(H,17,19). The molecule has 1 atom stereocenters. The SMILES string of the molecule is CCC(C)NC(=O)CC(=O)NCc1ccccc1Cl. The molecule has 0 radical (unpaired) electrons. The fraction of sp³-hybridized carbons (Fsp3) is 0.429. The molecule has 0 aliphatic carbocycles. The average Bonchev–Trinajstić information content (AvgIpc) is 2.37. The van der Waals surface area contributed by atoms with Gasteiger partial charge in [-0.15, -0.1) is 0 Å². The number of benzene rings is 1. The van der Waals surface area contributed by atoms with E-state index in [2.05, 4.69) is 10.6 Å². The first-order valence-corrected chi connectivity index (χ1v) is 6.70. The molecule has 1 aromatic rings. The van der Waals surface area contributed by atoms with Crippen molar-refractivity contribution in [2.24, 2.45) is 0 Å². The number of rotatable bonds is 6. The monoisotopic (exact) mass is 282 g/mol. The molecule has 2 amide bonds. The van der Waals surface area contributed by atoms with E-state index < -0.39 is 0 Å². The van der Waals surface area contributed by atoms with Gasteiger partial charge in [0.1, 0.15) is 6.42 Å². The molecule has 5 heteroatoms. The molecule has 0 aliphatic heterocycles. The molecule has 4 nitrogen and oxygen atoms in total. The van der Waals surface area contributed by atoms with E-state index in [0.29, 0.717) is 11.6 Å². The van der Waals surface area contributed by atoms with E-state index in [1.165, 1.54) is 0 Å². The van der Waals surface area contributed by atoms with Crippen LogP contribution in [0.4, 0.5) is 0 Å². The summed E-state index contributed by atoms with van der Waals surface area (Å²) in [5.41, 5.74) is 0.833. The highest BCUT2D eigenvalue weighted by Crippen LogP contribution is 2.14. The van der Waals surface area contributed by atoms with Crippen molar-refractivity contribution in [2.75, 3.05) is 0 Å². The number of hydrogen-bond acceptors (Lipinski definition) is 2. The molecule has 0 aliphatic rings. The summed E-state index contributed by atoms with van der Waals surface area (Å²) in [6.45, 7) is 4.21. The maximum atomic E-state index is 11.6. The highest BCUT2D eigenvalue weighted by atomic mass is 35.5. The van der Waals surface area contributed by atoms with Gasteiger partial charge >= 0.3 is 0 Å². The first-order chi connectivity index (χ1) is 9.02. The molecule has 1 aromatic carbocycles. The Hall–Kier alpha value is -1.55. The van der Waals surface area contributed by atoms with Gasteiger partial charge in [0.25, 0.3) is 0 Å². The second-order valence-corrected chi connectivity index (χ2v) is 4.83. The molecule has 0 heterocycles. The van der Waals surface area contributed by atoms with Crippen LogP contribution in [-0.4, -0.2) is 17.9 Å². The number of halogens is 1. The molecular weight excluding hydrogens is 264 g/mol. The first kappa shape index (κ1) is 15.5. The van der Waals surface area contributed by atoms with Crippen molar-refractivity contribution in [3.8, 4) is 0 Å². The maximum absolute atomic E-state index is 11.6. The summed E-state index contributed by atoms with van der Waals surface area (Å²) in [6, 6.07) is 7.36. The van der Waals surface area contributed by atoms with Crippen molar-refractivity contribution in [1.82, 2.24) is 10.6 Å². The van der Waals surface area contributed by atoms with Gasteiger partial charge in [0.05, 0.1) is 0 Å². The molecule has 2 N–H and O–H groups in total. The summed E-state index contributed by atoms with van der Waals surface area (Å²) in [4.78, 5) is 23.1. The number of hydrogen-bond donors (Lipinski definition) is 2. The van der Waals surface area contributed by atoms with Crippen LogP contribution in [0, 0.1) is 0 Å². The molecule has 0 saturated carbocycles. The molecular formula is C14H19ClN2O2. The lowest BCUT2D eigenvalue weighted by molar-refractivity contribution is -0.129. The Bertz CT molecular complexity index is 449. The lowest BCUT2D eigenvalue weighted by atomic mass is 10.2. The van der Waals surface area contributed by atoms with Crippen molar-refractivity contribution >= 4 is 23.4 Å². The van der Waals surface area contributed by atoms with E-state index in [1.54, 1.807) is 6.07 Å². The highest BCUT2D eigenvalue weighted by molar-refractivity contribution is 6.31. The maximum Gasteiger partial charge on any atom is 0.229 e. The quantitative estimate of drug-likeness (QED) is 0.787. The van der Waals surface area contributed by atoms with Crippen LogP contribution in [-0.2, 0) is 16.1 Å². The fourth-order valence-electron chi connectivity index (χ4n) is 1.47. The second-order valence-electron chi connectivity index (χ2n) is 4.42. The summed E-state index contributed by atoms with van der Waals surface area (Å²) >= 11 is 5.97. The molecule has 0 saturated heterocycles. The predicted octanol–water partition coefficient (Wildman–Crippen LogP) is 2.26. The fourth-order valence-corrected chi connectivity index (χ4v) is 1.67. The van der Waals surface area contributed by atoms with Gasteiger partial charge in [0.2, 0.25) is 11.8 Å². The van der Waals surface area contributed by atoms with Crippen LogP contribution in [0.25, 0.3) is 0 Å². The van der Waals surface area contributed by atoms with Crippen LogP contribution in [0.3, 0.4) is 0 Å². The summed E-state index contributed by atoms with van der Waals surface area (Å²) in [5.74, 6) is -0.563. The van der Waals surface area contributed by atoms with E-state index in [9.17, 15) is 9.59 Å². The Morgan fingerprint density at radius 3 is 2.58 bits per heavy atom. The van der Waals surface area contributed by atoms with Crippen LogP contribution in [0.5, 0.6) is 0 Å². The lowest BCUT2D eigenvalue weighted by Gasteiger charge is -2.11. The molecule has 0 bridgehead atoms. The predicted molar refractivity (Wildman–Crippen MR) is 75.8 cm³/mol. The van der Waals surface area contributed by atoms with Crippen LogP contribution in [0.2, 0.25) is 5.02 Å². The Morgan fingerprint density at radius 2 is 1.95 bits per heavy atom. The van der Waals surface area contributed by atoms with Crippen molar-refractivity contribution < 1.29 is 9.59 Å².